The first-order valence-corrected chi connectivity index (χ1v) is 5.68. The summed E-state index contributed by atoms with van der Waals surface area (Å²) in [5.41, 5.74) is 1.45. The molecule has 1 N–H and O–H groups in total. The number of aromatic nitrogens is 1. The number of hydrogen-bond donors (Lipinski definition) is 1. The number of aryl methyl sites for hydroxylation is 1. The van der Waals surface area contributed by atoms with Gasteiger partial charge in [-0.15, -0.1) is 0 Å². The first-order chi connectivity index (χ1) is 9.11. The van der Waals surface area contributed by atoms with E-state index in [0.717, 1.165) is 5.56 Å². The summed E-state index contributed by atoms with van der Waals surface area (Å²) >= 11 is 0. The largest absolute Gasteiger partial charge is 0.465 e. The zero-order valence-electron chi connectivity index (χ0n) is 10.6. The zero-order chi connectivity index (χ0) is 13.8. The lowest BCUT2D eigenvalue weighted by molar-refractivity contribution is 0.0600. The molecule has 1 heterocycles. The van der Waals surface area contributed by atoms with Gasteiger partial charge in [-0.2, -0.15) is 0 Å². The number of benzene rings is 1. The molecule has 0 aliphatic rings. The number of nitrogens with zero attached hydrogens (tertiary/aromatic N) is 1. The van der Waals surface area contributed by atoms with Crippen molar-refractivity contribution in [3.63, 3.8) is 0 Å². The minimum absolute atomic E-state index is 0.344. The van der Waals surface area contributed by atoms with Gasteiger partial charge in [0.25, 0.3) is 0 Å². The van der Waals surface area contributed by atoms with Crippen molar-refractivity contribution in [2.45, 2.75) is 6.92 Å². The fourth-order valence-corrected chi connectivity index (χ4v) is 1.66. The second-order valence-electron chi connectivity index (χ2n) is 3.98. The second-order valence-corrected chi connectivity index (χ2v) is 3.98. The monoisotopic (exact) mass is 260 g/mol. The van der Waals surface area contributed by atoms with E-state index < -0.39 is 5.97 Å². The van der Waals surface area contributed by atoms with Crippen LogP contribution in [0.4, 0.5) is 15.9 Å². The van der Waals surface area contributed by atoms with Gasteiger partial charge in [0.05, 0.1) is 18.4 Å². The standard InChI is InChI=1S/C14H13FN2O2/c1-9-4-3-5-11(15)13(9)17-12-8-10(6-7-16-12)14(18)19-2/h3-8H,1-2H3,(H,16,17). The number of ether oxygens (including phenoxy) is 1. The molecule has 0 radical (unpaired) electrons. The van der Waals surface area contributed by atoms with E-state index in [9.17, 15) is 9.18 Å². The van der Waals surface area contributed by atoms with Crippen LogP contribution < -0.4 is 5.32 Å². The summed E-state index contributed by atoms with van der Waals surface area (Å²) < 4.78 is 18.3. The van der Waals surface area contributed by atoms with Gasteiger partial charge in [0.15, 0.2) is 0 Å². The maximum Gasteiger partial charge on any atom is 0.338 e. The maximum atomic E-state index is 13.7. The van der Waals surface area contributed by atoms with Crippen molar-refractivity contribution < 1.29 is 13.9 Å². The average Bonchev–Trinajstić information content (AvgIpc) is 2.42. The first-order valence-electron chi connectivity index (χ1n) is 5.68. The molecule has 0 saturated heterocycles. The Morgan fingerprint density at radius 1 is 1.37 bits per heavy atom. The molecule has 5 heteroatoms. The number of methoxy groups -OCH3 is 1. The van der Waals surface area contributed by atoms with Gasteiger partial charge >= 0.3 is 5.97 Å². The van der Waals surface area contributed by atoms with Crippen molar-refractivity contribution in [1.82, 2.24) is 4.98 Å². The lowest BCUT2D eigenvalue weighted by Gasteiger charge is -2.10. The molecule has 1 aromatic carbocycles. The van der Waals surface area contributed by atoms with Crippen LogP contribution in [0.5, 0.6) is 0 Å². The van der Waals surface area contributed by atoms with E-state index in [0.29, 0.717) is 17.1 Å². The summed E-state index contributed by atoms with van der Waals surface area (Å²) in [6, 6.07) is 7.83. The molecular weight excluding hydrogens is 247 g/mol. The summed E-state index contributed by atoms with van der Waals surface area (Å²) in [5.74, 6) is -0.447. The summed E-state index contributed by atoms with van der Waals surface area (Å²) in [5, 5.41) is 2.87. The number of anilines is 2. The highest BCUT2D eigenvalue weighted by Crippen LogP contribution is 2.22. The summed E-state index contributed by atoms with van der Waals surface area (Å²) in [7, 11) is 1.30. The number of halogens is 1. The molecule has 2 rings (SSSR count). The number of pyridine rings is 1. The van der Waals surface area contributed by atoms with E-state index in [2.05, 4.69) is 15.0 Å². The Kier molecular flexibility index (Phi) is 3.75. The van der Waals surface area contributed by atoms with Gasteiger partial charge in [0, 0.05) is 6.20 Å². The molecule has 0 atom stereocenters. The van der Waals surface area contributed by atoms with Gasteiger partial charge in [0.1, 0.15) is 11.6 Å². The number of hydrogen-bond acceptors (Lipinski definition) is 4. The van der Waals surface area contributed by atoms with Gasteiger partial charge in [-0.3, -0.25) is 0 Å². The molecule has 4 nitrogen and oxygen atoms in total. The molecule has 2 aromatic rings. The molecule has 0 fully saturated rings. The highest BCUT2D eigenvalue weighted by Gasteiger charge is 2.09. The van der Waals surface area contributed by atoms with E-state index in [1.807, 2.05) is 0 Å². The maximum absolute atomic E-state index is 13.7. The van der Waals surface area contributed by atoms with Gasteiger partial charge in [0.2, 0.25) is 0 Å². The normalized spacial score (nSPS) is 10.1. The molecule has 98 valence electrons. The quantitative estimate of drug-likeness (QED) is 0.862. The van der Waals surface area contributed by atoms with Crippen LogP contribution in [0.2, 0.25) is 0 Å². The highest BCUT2D eigenvalue weighted by molar-refractivity contribution is 5.90. The van der Waals surface area contributed by atoms with Crippen LogP contribution in [0.1, 0.15) is 15.9 Å². The minimum atomic E-state index is -0.462. The lowest BCUT2D eigenvalue weighted by atomic mass is 10.2. The molecule has 0 aliphatic carbocycles. The van der Waals surface area contributed by atoms with Crippen LogP contribution in [0, 0.1) is 12.7 Å². The number of para-hydroxylation sites is 1. The third kappa shape index (κ3) is 2.88. The Labute approximate surface area is 110 Å². The van der Waals surface area contributed by atoms with Gasteiger partial charge in [-0.25, -0.2) is 14.2 Å². The van der Waals surface area contributed by atoms with Crippen LogP contribution >= 0.6 is 0 Å². The van der Waals surface area contributed by atoms with E-state index in [-0.39, 0.29) is 5.82 Å². The predicted octanol–water partition coefficient (Wildman–Crippen LogP) is 3.06. The van der Waals surface area contributed by atoms with Crippen molar-refractivity contribution >= 4 is 17.5 Å². The Morgan fingerprint density at radius 2 is 2.16 bits per heavy atom. The van der Waals surface area contributed by atoms with Crippen LogP contribution in [-0.4, -0.2) is 18.1 Å². The fourth-order valence-electron chi connectivity index (χ4n) is 1.66. The number of carbonyl (C=O) groups excluding carboxylic acids is 1. The molecule has 19 heavy (non-hydrogen) atoms. The molecule has 0 aliphatic heterocycles. The van der Waals surface area contributed by atoms with Crippen molar-refractivity contribution in [2.24, 2.45) is 0 Å². The fraction of sp³-hybridized carbons (Fsp3) is 0.143. The second kappa shape index (κ2) is 5.48. The number of nitrogens with one attached hydrogen (secondary N) is 1. The van der Waals surface area contributed by atoms with Gasteiger partial charge in [-0.1, -0.05) is 12.1 Å². The average molecular weight is 260 g/mol. The molecule has 0 amide bonds. The van der Waals surface area contributed by atoms with Gasteiger partial charge in [-0.05, 0) is 30.7 Å². The van der Waals surface area contributed by atoms with E-state index in [4.69, 9.17) is 0 Å². The molecule has 1 aromatic heterocycles. The van der Waals surface area contributed by atoms with Crippen LogP contribution in [0.25, 0.3) is 0 Å². The molecular formula is C14H13FN2O2. The van der Waals surface area contributed by atoms with Crippen molar-refractivity contribution in [1.29, 1.82) is 0 Å². The van der Waals surface area contributed by atoms with Gasteiger partial charge < -0.3 is 10.1 Å². The van der Waals surface area contributed by atoms with Crippen molar-refractivity contribution in [2.75, 3.05) is 12.4 Å². The predicted molar refractivity (Wildman–Crippen MR) is 70.0 cm³/mol. The highest BCUT2D eigenvalue weighted by atomic mass is 19.1. The number of rotatable bonds is 3. The lowest BCUT2D eigenvalue weighted by Crippen LogP contribution is -2.04. The Bertz CT molecular complexity index is 594. The number of carbonyl (C=O) groups is 1. The first kappa shape index (κ1) is 13.0. The molecule has 0 bridgehead atoms. The van der Waals surface area contributed by atoms with E-state index >= 15 is 0 Å². The van der Waals surface area contributed by atoms with Crippen LogP contribution in [0.3, 0.4) is 0 Å². The summed E-state index contributed by atoms with van der Waals surface area (Å²) in [6.45, 7) is 1.79. The molecule has 0 spiro atoms. The summed E-state index contributed by atoms with van der Waals surface area (Å²) in [6.07, 6.45) is 1.46. The Hall–Kier alpha value is -2.43. The topological polar surface area (TPSA) is 51.2 Å². The Morgan fingerprint density at radius 3 is 2.84 bits per heavy atom. The van der Waals surface area contributed by atoms with Crippen LogP contribution in [-0.2, 0) is 4.74 Å². The molecule has 0 saturated carbocycles. The van der Waals surface area contributed by atoms with E-state index in [1.54, 1.807) is 19.1 Å². The number of esters is 1. The van der Waals surface area contributed by atoms with E-state index in [1.165, 1.54) is 31.5 Å². The SMILES string of the molecule is COC(=O)c1ccnc(Nc2c(C)cccc2F)c1. The molecule has 0 unspecified atom stereocenters. The summed E-state index contributed by atoms with van der Waals surface area (Å²) in [4.78, 5) is 15.4. The van der Waals surface area contributed by atoms with Crippen molar-refractivity contribution in [3.8, 4) is 0 Å². The van der Waals surface area contributed by atoms with Crippen molar-refractivity contribution in [3.05, 3.63) is 53.5 Å². The smallest absolute Gasteiger partial charge is 0.338 e. The third-order valence-electron chi connectivity index (χ3n) is 2.66. The third-order valence-corrected chi connectivity index (χ3v) is 2.66. The Balaban J connectivity index is 2.31. The van der Waals surface area contributed by atoms with Crippen LogP contribution in [0.15, 0.2) is 36.5 Å². The zero-order valence-corrected chi connectivity index (χ0v) is 10.6. The minimum Gasteiger partial charge on any atom is -0.465 e.